The highest BCUT2D eigenvalue weighted by Crippen LogP contribution is 2.20. The summed E-state index contributed by atoms with van der Waals surface area (Å²) >= 11 is 0. The second-order valence-corrected chi connectivity index (χ2v) is 6.70. The number of aryl methyl sites for hydroxylation is 1. The molecule has 0 aliphatic rings. The fourth-order valence-corrected chi connectivity index (χ4v) is 3.07. The van der Waals surface area contributed by atoms with Crippen molar-refractivity contribution in [3.05, 3.63) is 78.2 Å². The molecule has 0 unspecified atom stereocenters. The molecular formula is C23H21N3O3. The number of methoxy groups -OCH3 is 1. The van der Waals surface area contributed by atoms with Crippen molar-refractivity contribution in [1.82, 2.24) is 15.5 Å². The smallest absolute Gasteiger partial charge is 0.227 e. The molecule has 0 aliphatic carbocycles. The molecule has 1 N–H and O–H groups in total. The number of hydrogen-bond donors (Lipinski definition) is 1. The topological polar surface area (TPSA) is 77.2 Å². The fraction of sp³-hybridized carbons (Fsp3) is 0.174. The molecule has 0 radical (unpaired) electrons. The van der Waals surface area contributed by atoms with Gasteiger partial charge in [0.2, 0.25) is 17.6 Å². The van der Waals surface area contributed by atoms with Crippen molar-refractivity contribution in [2.45, 2.75) is 19.4 Å². The van der Waals surface area contributed by atoms with E-state index in [2.05, 4.69) is 39.7 Å². The Morgan fingerprint density at radius 2 is 1.83 bits per heavy atom. The van der Waals surface area contributed by atoms with E-state index in [0.29, 0.717) is 24.7 Å². The summed E-state index contributed by atoms with van der Waals surface area (Å²) in [5.41, 5.74) is 1.90. The van der Waals surface area contributed by atoms with Crippen LogP contribution in [0.25, 0.3) is 22.2 Å². The van der Waals surface area contributed by atoms with Crippen molar-refractivity contribution in [2.24, 2.45) is 0 Å². The van der Waals surface area contributed by atoms with E-state index < -0.39 is 0 Å². The Bertz CT molecular complexity index is 1120. The lowest BCUT2D eigenvalue weighted by Crippen LogP contribution is -2.23. The van der Waals surface area contributed by atoms with Gasteiger partial charge in [-0.2, -0.15) is 4.98 Å². The maximum Gasteiger partial charge on any atom is 0.227 e. The molecule has 6 nitrogen and oxygen atoms in total. The Morgan fingerprint density at radius 3 is 2.62 bits per heavy atom. The second kappa shape index (κ2) is 8.56. The lowest BCUT2D eigenvalue weighted by atomic mass is 10.1. The first-order valence-corrected chi connectivity index (χ1v) is 9.42. The van der Waals surface area contributed by atoms with Crippen molar-refractivity contribution in [2.75, 3.05) is 7.11 Å². The van der Waals surface area contributed by atoms with Gasteiger partial charge in [-0.3, -0.25) is 4.79 Å². The molecule has 1 heterocycles. The lowest BCUT2D eigenvalue weighted by molar-refractivity contribution is -0.121. The van der Waals surface area contributed by atoms with Crippen LogP contribution in [0.5, 0.6) is 5.75 Å². The molecule has 0 aliphatic heterocycles. The highest BCUT2D eigenvalue weighted by atomic mass is 16.5. The molecule has 0 fully saturated rings. The summed E-state index contributed by atoms with van der Waals surface area (Å²) in [7, 11) is 1.62. The van der Waals surface area contributed by atoms with Crippen molar-refractivity contribution in [3.8, 4) is 17.1 Å². The molecule has 0 saturated carbocycles. The SMILES string of the molecule is COc1ccc(-c2noc(CCC(=O)NCc3ccc4ccccc4c3)n2)cc1. The van der Waals surface area contributed by atoms with Gasteiger partial charge in [-0.25, -0.2) is 0 Å². The lowest BCUT2D eigenvalue weighted by Gasteiger charge is -2.06. The number of rotatable bonds is 7. The van der Waals surface area contributed by atoms with Crippen LogP contribution < -0.4 is 10.1 Å². The van der Waals surface area contributed by atoms with Crippen molar-refractivity contribution >= 4 is 16.7 Å². The van der Waals surface area contributed by atoms with Crippen molar-refractivity contribution < 1.29 is 14.1 Å². The standard InChI is InChI=1S/C23H21N3O3/c1-28-20-10-8-18(9-11-20)23-25-22(29-26-23)13-12-21(27)24-15-16-6-7-17-4-2-3-5-19(17)14-16/h2-11,14H,12-13,15H2,1H3,(H,24,27). The van der Waals surface area contributed by atoms with E-state index in [9.17, 15) is 4.79 Å². The van der Waals surface area contributed by atoms with Gasteiger partial charge in [0, 0.05) is 24.9 Å². The van der Waals surface area contributed by atoms with E-state index in [1.54, 1.807) is 7.11 Å². The third-order valence-electron chi connectivity index (χ3n) is 4.69. The molecule has 0 bridgehead atoms. The summed E-state index contributed by atoms with van der Waals surface area (Å²) in [4.78, 5) is 16.5. The molecule has 29 heavy (non-hydrogen) atoms. The average molecular weight is 387 g/mol. The number of nitrogens with zero attached hydrogens (tertiary/aromatic N) is 2. The molecule has 1 aromatic heterocycles. The molecule has 146 valence electrons. The first kappa shape index (κ1) is 18.7. The number of fused-ring (bicyclic) bond motifs is 1. The zero-order chi connectivity index (χ0) is 20.1. The number of ether oxygens (including phenoxy) is 1. The highest BCUT2D eigenvalue weighted by Gasteiger charge is 2.11. The highest BCUT2D eigenvalue weighted by molar-refractivity contribution is 5.83. The molecular weight excluding hydrogens is 366 g/mol. The van der Waals surface area contributed by atoms with Crippen LogP contribution in [0.2, 0.25) is 0 Å². The number of hydrogen-bond acceptors (Lipinski definition) is 5. The van der Waals surface area contributed by atoms with Crippen molar-refractivity contribution in [3.63, 3.8) is 0 Å². The van der Waals surface area contributed by atoms with Crippen LogP contribution >= 0.6 is 0 Å². The average Bonchev–Trinajstić information content (AvgIpc) is 3.25. The van der Waals surface area contributed by atoms with Crippen LogP contribution in [-0.4, -0.2) is 23.2 Å². The summed E-state index contributed by atoms with van der Waals surface area (Å²) in [5, 5.41) is 9.28. The molecule has 3 aromatic carbocycles. The molecule has 6 heteroatoms. The van der Waals surface area contributed by atoms with Gasteiger partial charge < -0.3 is 14.6 Å². The van der Waals surface area contributed by atoms with Crippen LogP contribution in [0.4, 0.5) is 0 Å². The molecule has 1 amide bonds. The Balaban J connectivity index is 1.29. The van der Waals surface area contributed by atoms with E-state index in [0.717, 1.165) is 22.3 Å². The summed E-state index contributed by atoms with van der Waals surface area (Å²) in [6.07, 6.45) is 0.685. The van der Waals surface area contributed by atoms with Gasteiger partial charge in [-0.1, -0.05) is 41.6 Å². The minimum Gasteiger partial charge on any atom is -0.497 e. The van der Waals surface area contributed by atoms with Gasteiger partial charge in [-0.05, 0) is 46.7 Å². The van der Waals surface area contributed by atoms with Gasteiger partial charge in [0.1, 0.15) is 5.75 Å². The molecule has 0 atom stereocenters. The number of carbonyl (C=O) groups is 1. The number of carbonyl (C=O) groups excluding carboxylic acids is 1. The first-order chi connectivity index (χ1) is 14.2. The number of aromatic nitrogens is 2. The second-order valence-electron chi connectivity index (χ2n) is 6.70. The van der Waals surface area contributed by atoms with Crippen LogP contribution in [-0.2, 0) is 17.8 Å². The Kier molecular flexibility index (Phi) is 5.52. The first-order valence-electron chi connectivity index (χ1n) is 9.42. The van der Waals surface area contributed by atoms with Crippen molar-refractivity contribution in [1.29, 1.82) is 0 Å². The quantitative estimate of drug-likeness (QED) is 0.515. The summed E-state index contributed by atoms with van der Waals surface area (Å²) in [6.45, 7) is 0.491. The third kappa shape index (κ3) is 4.60. The van der Waals surface area contributed by atoms with Gasteiger partial charge in [0.05, 0.1) is 7.11 Å². The summed E-state index contributed by atoms with van der Waals surface area (Å²) in [6, 6.07) is 21.8. The van der Waals surface area contributed by atoms with E-state index in [4.69, 9.17) is 9.26 Å². The summed E-state index contributed by atoms with van der Waals surface area (Å²) in [5.74, 6) is 1.65. The Hall–Kier alpha value is -3.67. The third-order valence-corrected chi connectivity index (χ3v) is 4.69. The zero-order valence-corrected chi connectivity index (χ0v) is 16.1. The molecule has 4 aromatic rings. The van der Waals surface area contributed by atoms with E-state index in [1.165, 1.54) is 5.39 Å². The Morgan fingerprint density at radius 1 is 1.03 bits per heavy atom. The number of amides is 1. The molecule has 4 rings (SSSR count). The van der Waals surface area contributed by atoms with Crippen LogP contribution in [0, 0.1) is 0 Å². The van der Waals surface area contributed by atoms with Gasteiger partial charge in [0.25, 0.3) is 0 Å². The van der Waals surface area contributed by atoms with Gasteiger partial charge in [0.15, 0.2) is 0 Å². The minimum atomic E-state index is -0.0534. The van der Waals surface area contributed by atoms with E-state index in [1.807, 2.05) is 42.5 Å². The van der Waals surface area contributed by atoms with Crippen LogP contribution in [0.15, 0.2) is 71.3 Å². The predicted molar refractivity (Wildman–Crippen MR) is 110 cm³/mol. The number of benzene rings is 3. The van der Waals surface area contributed by atoms with Gasteiger partial charge in [-0.15, -0.1) is 0 Å². The normalized spacial score (nSPS) is 10.8. The van der Waals surface area contributed by atoms with E-state index in [-0.39, 0.29) is 12.3 Å². The zero-order valence-electron chi connectivity index (χ0n) is 16.1. The fourth-order valence-electron chi connectivity index (χ4n) is 3.07. The Labute approximate surface area is 168 Å². The number of nitrogens with one attached hydrogen (secondary N) is 1. The molecule has 0 spiro atoms. The molecule has 0 saturated heterocycles. The van der Waals surface area contributed by atoms with Gasteiger partial charge >= 0.3 is 0 Å². The largest absolute Gasteiger partial charge is 0.497 e. The monoisotopic (exact) mass is 387 g/mol. The van der Waals surface area contributed by atoms with Crippen LogP contribution in [0.3, 0.4) is 0 Å². The van der Waals surface area contributed by atoms with E-state index >= 15 is 0 Å². The maximum absolute atomic E-state index is 12.2. The maximum atomic E-state index is 12.2. The summed E-state index contributed by atoms with van der Waals surface area (Å²) < 4.78 is 10.4. The van der Waals surface area contributed by atoms with Crippen LogP contribution in [0.1, 0.15) is 17.9 Å². The minimum absolute atomic E-state index is 0.0534. The predicted octanol–water partition coefficient (Wildman–Crippen LogP) is 4.15.